The van der Waals surface area contributed by atoms with E-state index >= 15 is 0 Å². The van der Waals surface area contributed by atoms with Gasteiger partial charge < -0.3 is 67.9 Å². The molecular weight excluding hydrogens is 1150 g/mol. The Hall–Kier alpha value is -5.75. The van der Waals surface area contributed by atoms with Gasteiger partial charge in [0.1, 0.15) is 52.6 Å². The number of hydrogen-bond acceptors (Lipinski definition) is 14. The number of carbonyl (C=O) groups is 11. The molecule has 1 fully saturated rings. The van der Waals surface area contributed by atoms with Gasteiger partial charge in [0.15, 0.2) is 0 Å². The Balaban J connectivity index is 3.44. The van der Waals surface area contributed by atoms with Gasteiger partial charge in [-0.05, 0) is 131 Å². The van der Waals surface area contributed by atoms with Crippen LogP contribution in [0.2, 0.25) is 0 Å². The van der Waals surface area contributed by atoms with Gasteiger partial charge in [-0.15, -0.1) is 0 Å². The van der Waals surface area contributed by atoms with Crippen LogP contribution >= 0.6 is 0 Å². The fourth-order valence-corrected chi connectivity index (χ4v) is 10.9. The second-order valence-electron chi connectivity index (χ2n) is 28.8. The van der Waals surface area contributed by atoms with E-state index in [0.29, 0.717) is 25.9 Å². The third-order valence-electron chi connectivity index (χ3n) is 16.3. The van der Waals surface area contributed by atoms with Crippen molar-refractivity contribution in [2.75, 3.05) is 33.7 Å². The van der Waals surface area contributed by atoms with Crippen LogP contribution in [-0.4, -0.2) is 184 Å². The molecule has 518 valence electrons. The molecule has 0 spiro atoms. The number of likely N-dealkylation sites (N-methyl/N-ethyl adjacent to an activating group) is 1. The Kier molecular flexibility index (Phi) is 35.6. The summed E-state index contributed by atoms with van der Waals surface area (Å²) in [6.07, 6.45) is 5.19. The highest BCUT2D eigenvalue weighted by atomic mass is 16.3. The summed E-state index contributed by atoms with van der Waals surface area (Å²) in [5, 5.41) is 47.0. The highest BCUT2D eigenvalue weighted by molar-refractivity contribution is 6.00. The van der Waals surface area contributed by atoms with Crippen LogP contribution in [0.3, 0.4) is 0 Å². The number of hydrogen-bond donors (Lipinski definition) is 11. The second kappa shape index (κ2) is 38.9. The van der Waals surface area contributed by atoms with Crippen LogP contribution in [0.1, 0.15) is 221 Å². The molecule has 0 saturated carbocycles. The van der Waals surface area contributed by atoms with Gasteiger partial charge in [0.05, 0.1) is 12.2 Å². The summed E-state index contributed by atoms with van der Waals surface area (Å²) < 4.78 is 0. The van der Waals surface area contributed by atoms with E-state index in [2.05, 4.69) is 54.8 Å². The molecule has 0 aromatic heterocycles. The highest BCUT2D eigenvalue weighted by Gasteiger charge is 2.44. The maximum atomic E-state index is 14.7. The molecule has 1 aliphatic rings. The number of nitrogens with one attached hydrogen (secondary N) is 9. The third-order valence-corrected chi connectivity index (χ3v) is 16.3. The van der Waals surface area contributed by atoms with Crippen LogP contribution in [0.5, 0.6) is 0 Å². The van der Waals surface area contributed by atoms with Gasteiger partial charge in [-0.1, -0.05) is 115 Å². The summed E-state index contributed by atoms with van der Waals surface area (Å²) >= 11 is 0. The van der Waals surface area contributed by atoms with Crippen LogP contribution in [0.4, 0.5) is 0 Å². The van der Waals surface area contributed by atoms with E-state index in [1.54, 1.807) is 32.6 Å². The minimum atomic E-state index is -1.82. The Labute approximate surface area is 538 Å². The molecule has 0 aromatic carbocycles. The molecule has 90 heavy (non-hydrogen) atoms. The predicted molar refractivity (Wildman–Crippen MR) is 349 cm³/mol. The number of aliphatic hydroxyl groups is 2. The van der Waals surface area contributed by atoms with E-state index < -0.39 is 118 Å². The number of Topliss-reactive ketones (excluding diaryl/α,β-unsaturated/α-hetero) is 1. The molecule has 0 bridgehead atoms. The van der Waals surface area contributed by atoms with Gasteiger partial charge >= 0.3 is 0 Å². The standard InChI is InChI=1S/C66H121N11O13/c1-21-23-24-25-26-27-28-44(11)60(87)77-37-43(10)35-51(77)58(85)70-50(34-42(9)33-47(79)36-46(78)22-2)56(83)72-53(54(81)41(7)8)59(86)74-65(15,16)62(89)71-48(31-39(3)4)55(82)69-49(32-40(5)6)57(84)73-66(17,18)63(90)75-64(13,14)61(88)67-30-29-52(80)68-45(12)38-76(19)20/h39-45,47-51,53-54,79,81H,21-38H2,1-20H3,(H,67,88)(H,68,80)(H,69,82)(H,70,85)(H,71,89)(H,72,83)(H,73,84)(H,74,86)(H,75,90). The summed E-state index contributed by atoms with van der Waals surface area (Å²) in [4.78, 5) is 156. The van der Waals surface area contributed by atoms with E-state index in [-0.39, 0.29) is 98.8 Å². The number of carbonyl (C=O) groups excluding carboxylic acids is 11. The van der Waals surface area contributed by atoms with E-state index in [1.807, 2.05) is 67.5 Å². The van der Waals surface area contributed by atoms with Crippen LogP contribution in [0.25, 0.3) is 0 Å². The van der Waals surface area contributed by atoms with E-state index in [0.717, 1.165) is 38.5 Å². The molecule has 0 aromatic rings. The molecule has 11 atom stereocenters. The van der Waals surface area contributed by atoms with E-state index in [1.165, 1.54) is 41.5 Å². The van der Waals surface area contributed by atoms with Crippen LogP contribution in [0.15, 0.2) is 0 Å². The molecule has 1 aliphatic heterocycles. The lowest BCUT2D eigenvalue weighted by Crippen LogP contribution is -2.66. The summed E-state index contributed by atoms with van der Waals surface area (Å²) in [6, 6.07) is -6.55. The predicted octanol–water partition coefficient (Wildman–Crippen LogP) is 4.06. The first-order valence-electron chi connectivity index (χ1n) is 33.2. The van der Waals surface area contributed by atoms with Crippen molar-refractivity contribution < 1.29 is 63.0 Å². The summed E-state index contributed by atoms with van der Waals surface area (Å²) in [7, 11) is 3.78. The van der Waals surface area contributed by atoms with E-state index in [4.69, 9.17) is 0 Å². The van der Waals surface area contributed by atoms with Crippen LogP contribution < -0.4 is 47.9 Å². The summed E-state index contributed by atoms with van der Waals surface area (Å²) in [5.74, 6) is -8.36. The van der Waals surface area contributed by atoms with Crippen molar-refractivity contribution in [3.05, 3.63) is 0 Å². The van der Waals surface area contributed by atoms with Crippen molar-refractivity contribution in [2.24, 2.45) is 35.5 Å². The minimum Gasteiger partial charge on any atom is -0.393 e. The summed E-state index contributed by atoms with van der Waals surface area (Å²) in [6.45, 7) is 31.4. The molecule has 24 nitrogen and oxygen atoms in total. The second-order valence-corrected chi connectivity index (χ2v) is 28.8. The zero-order valence-electron chi connectivity index (χ0n) is 58.6. The number of rotatable bonds is 42. The Morgan fingerprint density at radius 1 is 0.589 bits per heavy atom. The number of ketones is 1. The number of likely N-dealkylation sites (tertiary alicyclic amines) is 1. The van der Waals surface area contributed by atoms with Crippen molar-refractivity contribution >= 4 is 64.9 Å². The van der Waals surface area contributed by atoms with Gasteiger partial charge in [-0.3, -0.25) is 52.7 Å². The molecule has 1 saturated heterocycles. The van der Waals surface area contributed by atoms with Gasteiger partial charge in [0, 0.05) is 50.9 Å². The molecule has 1 heterocycles. The maximum Gasteiger partial charge on any atom is 0.246 e. The van der Waals surface area contributed by atoms with Crippen molar-refractivity contribution in [1.29, 1.82) is 0 Å². The zero-order chi connectivity index (χ0) is 69.2. The van der Waals surface area contributed by atoms with Gasteiger partial charge in [0.25, 0.3) is 0 Å². The highest BCUT2D eigenvalue weighted by Crippen LogP contribution is 2.28. The van der Waals surface area contributed by atoms with Gasteiger partial charge in [-0.25, -0.2) is 0 Å². The average molecular weight is 1280 g/mol. The molecule has 0 radical (unpaired) electrons. The largest absolute Gasteiger partial charge is 0.393 e. The molecule has 11 N–H and O–H groups in total. The van der Waals surface area contributed by atoms with Gasteiger partial charge in [0.2, 0.25) is 59.1 Å². The molecule has 24 heteroatoms. The fourth-order valence-electron chi connectivity index (χ4n) is 10.9. The molecule has 0 aliphatic carbocycles. The number of amides is 10. The van der Waals surface area contributed by atoms with Crippen molar-refractivity contribution in [3.63, 3.8) is 0 Å². The first-order valence-corrected chi connectivity index (χ1v) is 33.2. The SMILES string of the molecule is CCCCCCCCC(C)C(=O)N1CC(C)CC1C(=O)NC(CC(C)CC(O)CC(=O)CC)C(=O)NC(C(=O)NC(C)(C)C(=O)NC(CC(C)C)C(=O)NC(CC(C)C)C(=O)NC(C)(C)C(=O)NC(C)(C)C(=O)NCCC(=O)NC(C)CN(C)C)C(O)C(C)C. The average Bonchev–Trinajstić information content (AvgIpc) is 1.51. The minimum absolute atomic E-state index is 0.00958. The topological polar surface area (TPSA) is 343 Å². The monoisotopic (exact) mass is 1280 g/mol. The van der Waals surface area contributed by atoms with Crippen molar-refractivity contribution in [1.82, 2.24) is 57.7 Å². The molecule has 1 rings (SSSR count). The normalized spacial score (nSPS) is 17.6. The lowest BCUT2D eigenvalue weighted by Gasteiger charge is -2.34. The number of aliphatic hydroxyl groups excluding tert-OH is 2. The third kappa shape index (κ3) is 29.7. The number of unbranched alkanes of at least 4 members (excludes halogenated alkanes) is 5. The van der Waals surface area contributed by atoms with Gasteiger partial charge in [-0.2, -0.15) is 0 Å². The molecule has 10 amide bonds. The van der Waals surface area contributed by atoms with Crippen LogP contribution in [0, 0.1) is 35.5 Å². The number of nitrogens with zero attached hydrogens (tertiary/aromatic N) is 2. The van der Waals surface area contributed by atoms with E-state index in [9.17, 15) is 63.0 Å². The lowest BCUT2D eigenvalue weighted by atomic mass is 9.92. The Morgan fingerprint density at radius 3 is 1.67 bits per heavy atom. The lowest BCUT2D eigenvalue weighted by molar-refractivity contribution is -0.142. The maximum absolute atomic E-state index is 14.7. The first kappa shape index (κ1) is 82.3. The summed E-state index contributed by atoms with van der Waals surface area (Å²) in [5.41, 5.74) is -4.92. The Morgan fingerprint density at radius 2 is 1.11 bits per heavy atom. The quantitative estimate of drug-likeness (QED) is 0.0384. The smallest absolute Gasteiger partial charge is 0.246 e. The van der Waals surface area contributed by atoms with Crippen molar-refractivity contribution in [3.8, 4) is 0 Å². The molecule has 11 unspecified atom stereocenters. The Bertz CT molecular complexity index is 2360. The zero-order valence-corrected chi connectivity index (χ0v) is 58.6. The van der Waals surface area contributed by atoms with Crippen molar-refractivity contribution in [2.45, 2.75) is 286 Å². The first-order chi connectivity index (χ1) is 41.6. The molecular formula is C66H121N11O13. The fraction of sp³-hybridized carbons (Fsp3) is 0.833. The van der Waals surface area contributed by atoms with Crippen LogP contribution in [-0.2, 0) is 52.7 Å².